The lowest BCUT2D eigenvalue weighted by Crippen LogP contribution is -2.42. The number of morpholine rings is 1. The van der Waals surface area contributed by atoms with E-state index in [-0.39, 0.29) is 12.0 Å². The van der Waals surface area contributed by atoms with Gasteiger partial charge < -0.3 is 9.64 Å². The Labute approximate surface area is 169 Å². The Bertz CT molecular complexity index is 965. The number of hydrogen-bond acceptors (Lipinski definition) is 4. The maximum Gasteiger partial charge on any atom is 0.272 e. The summed E-state index contributed by atoms with van der Waals surface area (Å²) < 4.78 is 5.91. The summed E-state index contributed by atoms with van der Waals surface area (Å²) >= 11 is 6.27. The first-order chi connectivity index (χ1) is 13.7. The Morgan fingerprint density at radius 1 is 1.11 bits per heavy atom. The molecular weight excluding hydrogens is 374 g/mol. The predicted octanol–water partition coefficient (Wildman–Crippen LogP) is 3.93. The van der Waals surface area contributed by atoms with Crippen LogP contribution in [0.4, 0.5) is 0 Å². The highest BCUT2D eigenvalue weighted by Gasteiger charge is 2.27. The molecule has 1 saturated heterocycles. The van der Waals surface area contributed by atoms with E-state index in [2.05, 4.69) is 4.98 Å². The quantitative estimate of drug-likeness (QED) is 0.673. The molecule has 3 heterocycles. The van der Waals surface area contributed by atoms with Crippen molar-refractivity contribution >= 4 is 17.5 Å². The Balaban J connectivity index is 1.49. The van der Waals surface area contributed by atoms with Crippen LogP contribution in [0.5, 0.6) is 0 Å². The average Bonchev–Trinajstić information content (AvgIpc) is 2.76. The second-order valence-corrected chi connectivity index (χ2v) is 7.05. The average molecular weight is 394 g/mol. The van der Waals surface area contributed by atoms with Crippen molar-refractivity contribution in [3.8, 4) is 0 Å². The molecule has 0 unspecified atom stereocenters. The van der Waals surface area contributed by atoms with Crippen LogP contribution in [0.15, 0.2) is 66.9 Å². The van der Waals surface area contributed by atoms with Crippen LogP contribution in [-0.2, 0) is 11.2 Å². The van der Waals surface area contributed by atoms with Gasteiger partial charge in [-0.25, -0.2) is 0 Å². The number of ether oxygens (including phenoxy) is 1. The Kier molecular flexibility index (Phi) is 5.65. The molecule has 2 aromatic heterocycles. The molecule has 0 radical (unpaired) electrons. The van der Waals surface area contributed by atoms with E-state index in [1.54, 1.807) is 23.2 Å². The summed E-state index contributed by atoms with van der Waals surface area (Å²) in [5, 5.41) is 0.732. The second-order valence-electron chi connectivity index (χ2n) is 6.65. The fourth-order valence-corrected chi connectivity index (χ4v) is 3.48. The van der Waals surface area contributed by atoms with Crippen LogP contribution < -0.4 is 0 Å². The van der Waals surface area contributed by atoms with E-state index >= 15 is 0 Å². The van der Waals surface area contributed by atoms with Crippen molar-refractivity contribution in [1.29, 1.82) is 0 Å². The molecule has 4 rings (SSSR count). The van der Waals surface area contributed by atoms with Crippen molar-refractivity contribution < 1.29 is 9.53 Å². The standard InChI is InChI=1S/C22H20ClN3O2/c23-18-8-2-1-6-16(18)14-17-7-5-10-19(25-17)21-15-26(12-13-28-21)22(27)20-9-3-4-11-24-20/h1-11,21H,12-15H2/t21-/m0/s1. The first-order valence-electron chi connectivity index (χ1n) is 9.22. The summed E-state index contributed by atoms with van der Waals surface area (Å²) in [5.41, 5.74) is 3.22. The van der Waals surface area contributed by atoms with Gasteiger partial charge >= 0.3 is 0 Å². The van der Waals surface area contributed by atoms with Crippen LogP contribution in [-0.4, -0.2) is 40.5 Å². The molecule has 0 aliphatic carbocycles. The Morgan fingerprint density at radius 2 is 1.96 bits per heavy atom. The molecule has 6 heteroatoms. The Hall–Kier alpha value is -2.76. The molecule has 1 aliphatic heterocycles. The highest BCUT2D eigenvalue weighted by molar-refractivity contribution is 6.31. The smallest absolute Gasteiger partial charge is 0.272 e. The molecule has 0 spiro atoms. The lowest BCUT2D eigenvalue weighted by atomic mass is 10.1. The lowest BCUT2D eigenvalue weighted by molar-refractivity contribution is -0.0249. The zero-order valence-electron chi connectivity index (χ0n) is 15.3. The van der Waals surface area contributed by atoms with E-state index in [1.165, 1.54) is 0 Å². The molecular formula is C22H20ClN3O2. The highest BCUT2D eigenvalue weighted by Crippen LogP contribution is 2.23. The molecule has 5 nitrogen and oxygen atoms in total. The number of hydrogen-bond donors (Lipinski definition) is 0. The molecule has 1 amide bonds. The van der Waals surface area contributed by atoms with Crippen molar-refractivity contribution in [3.63, 3.8) is 0 Å². The molecule has 1 atom stereocenters. The fraction of sp³-hybridized carbons (Fsp3) is 0.227. The lowest BCUT2D eigenvalue weighted by Gasteiger charge is -2.32. The molecule has 0 saturated carbocycles. The molecule has 1 aliphatic rings. The molecule has 28 heavy (non-hydrogen) atoms. The summed E-state index contributed by atoms with van der Waals surface area (Å²) in [5.74, 6) is -0.0823. The molecule has 0 bridgehead atoms. The van der Waals surface area contributed by atoms with Gasteiger partial charge in [-0.05, 0) is 35.9 Å². The minimum Gasteiger partial charge on any atom is -0.368 e. The number of halogens is 1. The van der Waals surface area contributed by atoms with E-state index in [4.69, 9.17) is 21.3 Å². The van der Waals surface area contributed by atoms with E-state index in [0.717, 1.165) is 22.0 Å². The van der Waals surface area contributed by atoms with Crippen LogP contribution in [0.2, 0.25) is 5.02 Å². The largest absolute Gasteiger partial charge is 0.368 e. The number of amides is 1. The van der Waals surface area contributed by atoms with Gasteiger partial charge in [0.05, 0.1) is 18.8 Å². The van der Waals surface area contributed by atoms with Crippen molar-refractivity contribution in [2.75, 3.05) is 19.7 Å². The van der Waals surface area contributed by atoms with Gasteiger partial charge in [0.25, 0.3) is 5.91 Å². The van der Waals surface area contributed by atoms with E-state index in [0.29, 0.717) is 31.8 Å². The maximum atomic E-state index is 12.7. The van der Waals surface area contributed by atoms with Crippen molar-refractivity contribution in [2.24, 2.45) is 0 Å². The monoisotopic (exact) mass is 393 g/mol. The van der Waals surface area contributed by atoms with Crippen molar-refractivity contribution in [1.82, 2.24) is 14.9 Å². The molecule has 0 N–H and O–H groups in total. The SMILES string of the molecule is O=C(c1ccccn1)N1CCO[C@H](c2cccc(Cc3ccccc3Cl)n2)C1. The third-order valence-electron chi connectivity index (χ3n) is 4.73. The number of nitrogens with zero attached hydrogens (tertiary/aromatic N) is 3. The van der Waals surface area contributed by atoms with Crippen LogP contribution >= 0.6 is 11.6 Å². The van der Waals surface area contributed by atoms with Gasteiger partial charge in [0.15, 0.2) is 0 Å². The number of carbonyl (C=O) groups is 1. The maximum absolute atomic E-state index is 12.7. The van der Waals surface area contributed by atoms with E-state index in [1.807, 2.05) is 48.5 Å². The fourth-order valence-electron chi connectivity index (χ4n) is 3.28. The zero-order valence-corrected chi connectivity index (χ0v) is 16.0. The van der Waals surface area contributed by atoms with Crippen LogP contribution in [0.25, 0.3) is 0 Å². The molecule has 3 aromatic rings. The van der Waals surface area contributed by atoms with Gasteiger partial charge in [-0.15, -0.1) is 0 Å². The van der Waals surface area contributed by atoms with Gasteiger partial charge in [0, 0.05) is 29.9 Å². The summed E-state index contributed by atoms with van der Waals surface area (Å²) in [6, 6.07) is 19.0. The predicted molar refractivity (Wildman–Crippen MR) is 107 cm³/mol. The third-order valence-corrected chi connectivity index (χ3v) is 5.09. The first-order valence-corrected chi connectivity index (χ1v) is 9.59. The van der Waals surface area contributed by atoms with Crippen LogP contribution in [0.3, 0.4) is 0 Å². The number of aromatic nitrogens is 2. The number of rotatable bonds is 4. The van der Waals surface area contributed by atoms with E-state index in [9.17, 15) is 4.79 Å². The van der Waals surface area contributed by atoms with Crippen molar-refractivity contribution in [2.45, 2.75) is 12.5 Å². The summed E-state index contributed by atoms with van der Waals surface area (Å²) in [6.45, 7) is 1.48. The first kappa shape index (κ1) is 18.6. The van der Waals surface area contributed by atoms with Crippen molar-refractivity contribution in [3.05, 3.63) is 94.5 Å². The van der Waals surface area contributed by atoms with Crippen LogP contribution in [0.1, 0.15) is 33.5 Å². The topological polar surface area (TPSA) is 55.3 Å². The van der Waals surface area contributed by atoms with Gasteiger partial charge in [0.1, 0.15) is 11.8 Å². The van der Waals surface area contributed by atoms with Gasteiger partial charge in [-0.2, -0.15) is 0 Å². The van der Waals surface area contributed by atoms with Crippen LogP contribution in [0, 0.1) is 0 Å². The minimum atomic E-state index is -0.257. The van der Waals surface area contributed by atoms with Gasteiger partial charge in [0.2, 0.25) is 0 Å². The molecule has 1 aromatic carbocycles. The summed E-state index contributed by atoms with van der Waals surface area (Å²) in [6.07, 6.45) is 2.02. The van der Waals surface area contributed by atoms with Gasteiger partial charge in [-0.3, -0.25) is 14.8 Å². The Morgan fingerprint density at radius 3 is 2.79 bits per heavy atom. The summed E-state index contributed by atoms with van der Waals surface area (Å²) in [4.78, 5) is 23.4. The third kappa shape index (κ3) is 4.21. The molecule has 142 valence electrons. The number of pyridine rings is 2. The van der Waals surface area contributed by atoms with Gasteiger partial charge in [-0.1, -0.05) is 41.9 Å². The highest BCUT2D eigenvalue weighted by atomic mass is 35.5. The number of carbonyl (C=O) groups excluding carboxylic acids is 1. The minimum absolute atomic E-state index is 0.0823. The number of benzene rings is 1. The second kappa shape index (κ2) is 8.50. The molecule has 1 fully saturated rings. The van der Waals surface area contributed by atoms with E-state index < -0.39 is 0 Å². The normalized spacial score (nSPS) is 16.8. The zero-order chi connectivity index (χ0) is 19.3. The summed E-state index contributed by atoms with van der Waals surface area (Å²) in [7, 11) is 0.